The molecule has 0 atom stereocenters. The van der Waals surface area contributed by atoms with Crippen molar-refractivity contribution < 1.29 is 23.1 Å². The molecule has 40 heavy (non-hydrogen) atoms. The molecule has 2 aromatic carbocycles. The fraction of sp³-hybridized carbons (Fsp3) is 0.138. The molecule has 0 aliphatic rings. The molecule has 0 saturated carbocycles. The lowest BCUT2D eigenvalue weighted by Crippen LogP contribution is -2.30. The van der Waals surface area contributed by atoms with Crippen molar-refractivity contribution >= 4 is 27.3 Å². The van der Waals surface area contributed by atoms with Crippen molar-refractivity contribution in [2.24, 2.45) is 7.05 Å². The van der Waals surface area contributed by atoms with Gasteiger partial charge in [-0.1, -0.05) is 36.4 Å². The van der Waals surface area contributed by atoms with Crippen LogP contribution in [-0.2, 0) is 35.0 Å². The molecule has 0 amide bonds. The Morgan fingerprint density at radius 1 is 1.07 bits per heavy atom. The summed E-state index contributed by atoms with van der Waals surface area (Å²) in [5.41, 5.74) is 2.42. The summed E-state index contributed by atoms with van der Waals surface area (Å²) < 4.78 is 35.0. The number of nitrogens with zero attached hydrogens (tertiary/aromatic N) is 4. The minimum absolute atomic E-state index is 0.0484. The summed E-state index contributed by atoms with van der Waals surface area (Å²) in [4.78, 5) is 19.1. The quantitative estimate of drug-likeness (QED) is 0.289. The van der Waals surface area contributed by atoms with E-state index in [0.29, 0.717) is 11.3 Å². The van der Waals surface area contributed by atoms with Crippen LogP contribution in [0, 0.1) is 36.5 Å². The van der Waals surface area contributed by atoms with Crippen molar-refractivity contribution in [1.29, 1.82) is 0 Å². The lowest BCUT2D eigenvalue weighted by Gasteiger charge is -2.22. The van der Waals surface area contributed by atoms with Gasteiger partial charge in [-0.3, -0.25) is 0 Å². The fourth-order valence-corrected chi connectivity index (χ4v) is 5.38. The molecule has 0 spiro atoms. The van der Waals surface area contributed by atoms with E-state index in [4.69, 9.17) is 22.7 Å². The number of sulfonamides is 1. The van der Waals surface area contributed by atoms with Crippen LogP contribution in [-0.4, -0.2) is 44.9 Å². The third-order valence-corrected chi connectivity index (χ3v) is 7.60. The molecule has 0 aliphatic carbocycles. The van der Waals surface area contributed by atoms with Crippen LogP contribution < -0.4 is 4.74 Å². The van der Waals surface area contributed by atoms with Crippen LogP contribution >= 0.6 is 11.3 Å². The third kappa shape index (κ3) is 8.59. The van der Waals surface area contributed by atoms with Gasteiger partial charge in [-0.05, 0) is 46.9 Å². The standard InChI is InChI=1S/C23H22N4O5S2.C6H2/c1-26-14-21(25-16-26)34(30,31)27(13-18-3-2-4-20(11-18)32-15-22(28)29)12-17-5-7-19(8-6-17)23-24-9-10-33-23;1-3-5-6-4-2/h2-11,14,16H,12-13,15H2,1H3,(H,28,29);1-2H. The molecule has 0 bridgehead atoms. The number of carboxylic acid groups (broad SMARTS) is 1. The summed E-state index contributed by atoms with van der Waals surface area (Å²) in [7, 11) is -2.21. The molecule has 0 radical (unpaired) electrons. The number of imidazole rings is 1. The number of aryl methyl sites for hydroxylation is 1. The number of carbonyl (C=O) groups is 1. The Morgan fingerprint density at radius 2 is 1.77 bits per heavy atom. The number of aliphatic carboxylic acids is 1. The van der Waals surface area contributed by atoms with E-state index in [1.807, 2.05) is 29.6 Å². The Bertz CT molecular complexity index is 1670. The van der Waals surface area contributed by atoms with E-state index in [2.05, 4.69) is 33.6 Å². The zero-order valence-electron chi connectivity index (χ0n) is 21.4. The van der Waals surface area contributed by atoms with Gasteiger partial charge in [-0.2, -0.15) is 4.31 Å². The highest BCUT2D eigenvalue weighted by atomic mass is 32.2. The van der Waals surface area contributed by atoms with Gasteiger partial charge in [0.1, 0.15) is 10.8 Å². The highest BCUT2D eigenvalue weighted by molar-refractivity contribution is 7.89. The lowest BCUT2D eigenvalue weighted by molar-refractivity contribution is -0.139. The maximum atomic E-state index is 13.4. The van der Waals surface area contributed by atoms with Crippen molar-refractivity contribution in [3.8, 4) is 52.8 Å². The molecule has 0 aliphatic heterocycles. The number of benzene rings is 2. The summed E-state index contributed by atoms with van der Waals surface area (Å²) in [6.45, 7) is -0.306. The van der Waals surface area contributed by atoms with E-state index in [1.165, 1.54) is 28.2 Å². The van der Waals surface area contributed by atoms with Gasteiger partial charge in [-0.25, -0.2) is 23.2 Å². The van der Waals surface area contributed by atoms with Crippen LogP contribution in [0.2, 0.25) is 0 Å². The van der Waals surface area contributed by atoms with E-state index < -0.39 is 22.6 Å². The van der Waals surface area contributed by atoms with Crippen LogP contribution in [0.15, 0.2) is 77.7 Å². The molecule has 2 heterocycles. The monoisotopic (exact) mass is 572 g/mol. The SMILES string of the molecule is C#CC#CC#C.Cn1cnc(S(=O)(=O)N(Cc2ccc(-c3nccs3)cc2)Cc2cccc(OCC(=O)O)c2)c1. The van der Waals surface area contributed by atoms with Gasteiger partial charge in [0.15, 0.2) is 11.6 Å². The second-order valence-corrected chi connectivity index (χ2v) is 10.8. The Kier molecular flexibility index (Phi) is 10.6. The maximum Gasteiger partial charge on any atom is 0.341 e. The molecule has 2 aromatic heterocycles. The number of terminal acetylenes is 2. The molecule has 1 N–H and O–H groups in total. The zero-order chi connectivity index (χ0) is 29.0. The van der Waals surface area contributed by atoms with E-state index in [1.54, 1.807) is 42.1 Å². The topological polar surface area (TPSA) is 115 Å². The molecule has 0 saturated heterocycles. The first-order chi connectivity index (χ1) is 19.2. The Labute approximate surface area is 237 Å². The number of carboxylic acids is 1. The third-order valence-electron chi connectivity index (χ3n) is 5.10. The lowest BCUT2D eigenvalue weighted by atomic mass is 10.1. The summed E-state index contributed by atoms with van der Waals surface area (Å²) in [6.07, 6.45) is 14.0. The Morgan fingerprint density at radius 3 is 2.35 bits per heavy atom. The molecule has 4 rings (SSSR count). The smallest absolute Gasteiger partial charge is 0.341 e. The first-order valence-electron chi connectivity index (χ1n) is 11.5. The van der Waals surface area contributed by atoms with Crippen LogP contribution in [0.25, 0.3) is 10.6 Å². The van der Waals surface area contributed by atoms with Gasteiger partial charge in [0.25, 0.3) is 10.0 Å². The first-order valence-corrected chi connectivity index (χ1v) is 13.9. The average molecular weight is 573 g/mol. The number of hydrogen-bond acceptors (Lipinski definition) is 7. The van der Waals surface area contributed by atoms with E-state index in [0.717, 1.165) is 16.1 Å². The van der Waals surface area contributed by atoms with Gasteiger partial charge in [0.05, 0.1) is 6.33 Å². The largest absolute Gasteiger partial charge is 0.482 e. The zero-order valence-corrected chi connectivity index (χ0v) is 23.0. The van der Waals surface area contributed by atoms with Crippen LogP contribution in [0.4, 0.5) is 0 Å². The van der Waals surface area contributed by atoms with Gasteiger partial charge < -0.3 is 14.4 Å². The minimum atomic E-state index is -3.91. The normalized spacial score (nSPS) is 10.3. The molecular weight excluding hydrogens is 548 g/mol. The van der Waals surface area contributed by atoms with Gasteiger partial charge in [0.2, 0.25) is 0 Å². The first kappa shape index (κ1) is 29.7. The molecule has 4 aromatic rings. The number of ether oxygens (including phenoxy) is 1. The number of rotatable bonds is 10. The average Bonchev–Trinajstić information content (AvgIpc) is 3.64. The molecular formula is C29H24N4O5S2. The maximum absolute atomic E-state index is 13.4. The van der Waals surface area contributed by atoms with Crippen molar-refractivity contribution in [1.82, 2.24) is 18.8 Å². The van der Waals surface area contributed by atoms with Crippen LogP contribution in [0.3, 0.4) is 0 Å². The van der Waals surface area contributed by atoms with E-state index >= 15 is 0 Å². The number of thiazole rings is 1. The van der Waals surface area contributed by atoms with Gasteiger partial charge in [-0.15, -0.1) is 24.2 Å². The number of aromatic nitrogens is 3. The second-order valence-electron chi connectivity index (χ2n) is 8.05. The minimum Gasteiger partial charge on any atom is -0.482 e. The predicted molar refractivity (Wildman–Crippen MR) is 152 cm³/mol. The highest BCUT2D eigenvalue weighted by Crippen LogP contribution is 2.25. The molecule has 0 unspecified atom stereocenters. The molecule has 9 nitrogen and oxygen atoms in total. The van der Waals surface area contributed by atoms with E-state index in [9.17, 15) is 13.2 Å². The molecule has 0 fully saturated rings. The molecule has 202 valence electrons. The second kappa shape index (κ2) is 14.3. The van der Waals surface area contributed by atoms with Crippen LogP contribution in [0.5, 0.6) is 5.75 Å². The summed E-state index contributed by atoms with van der Waals surface area (Å²) in [5.74, 6) is 7.87. The fourth-order valence-electron chi connectivity index (χ4n) is 3.36. The van der Waals surface area contributed by atoms with Gasteiger partial charge >= 0.3 is 5.97 Å². The van der Waals surface area contributed by atoms with Crippen molar-refractivity contribution in [2.75, 3.05) is 6.61 Å². The Hall–Kier alpha value is -4.86. The Balaban J connectivity index is 0.000000663. The van der Waals surface area contributed by atoms with Crippen LogP contribution in [0.1, 0.15) is 11.1 Å². The van der Waals surface area contributed by atoms with E-state index in [-0.39, 0.29) is 18.1 Å². The predicted octanol–water partition coefficient (Wildman–Crippen LogP) is 3.65. The summed E-state index contributed by atoms with van der Waals surface area (Å²) in [6, 6.07) is 14.3. The van der Waals surface area contributed by atoms with Crippen molar-refractivity contribution in [3.05, 3.63) is 83.8 Å². The summed E-state index contributed by atoms with van der Waals surface area (Å²) in [5, 5.41) is 11.6. The van der Waals surface area contributed by atoms with Crippen molar-refractivity contribution in [2.45, 2.75) is 18.1 Å². The highest BCUT2D eigenvalue weighted by Gasteiger charge is 2.27. The van der Waals surface area contributed by atoms with Gasteiger partial charge in [0, 0.05) is 43.5 Å². The summed E-state index contributed by atoms with van der Waals surface area (Å²) >= 11 is 1.53. The molecule has 11 heteroatoms. The van der Waals surface area contributed by atoms with Crippen molar-refractivity contribution in [3.63, 3.8) is 0 Å². The number of hydrogen-bond donors (Lipinski definition) is 1.